The molecule has 0 bridgehead atoms. The predicted molar refractivity (Wildman–Crippen MR) is 151 cm³/mol. The molecule has 0 aromatic carbocycles. The van der Waals surface area contributed by atoms with Crippen LogP contribution in [-0.4, -0.2) is 60.5 Å². The van der Waals surface area contributed by atoms with Crippen molar-refractivity contribution in [2.75, 3.05) is 33.2 Å². The van der Waals surface area contributed by atoms with Crippen LogP contribution >= 0.6 is 0 Å². The lowest BCUT2D eigenvalue weighted by atomic mass is 9.34. The van der Waals surface area contributed by atoms with Crippen molar-refractivity contribution < 1.29 is 14.4 Å². The Morgan fingerprint density at radius 2 is 1.54 bits per heavy atom. The number of likely N-dealkylation sites (N-methyl/N-ethyl adjacent to an activating group) is 1. The molecule has 0 radical (unpaired) electrons. The highest BCUT2D eigenvalue weighted by atomic mass is 16.2. The summed E-state index contributed by atoms with van der Waals surface area (Å²) in [7, 11) is 2.13. The largest absolute Gasteiger partial charge is 0.340 e. The van der Waals surface area contributed by atoms with Gasteiger partial charge in [0, 0.05) is 44.4 Å². The zero-order valence-corrected chi connectivity index (χ0v) is 25.4. The Hall–Kier alpha value is -1.74. The monoisotopic (exact) mass is 537 g/mol. The topological polar surface area (TPSA) is 81.5 Å². The van der Waals surface area contributed by atoms with Gasteiger partial charge in [0.05, 0.1) is 11.5 Å². The van der Waals surface area contributed by atoms with Crippen molar-refractivity contribution in [3.8, 4) is 6.07 Å². The molecule has 0 N–H and O–H groups in total. The van der Waals surface area contributed by atoms with Gasteiger partial charge in [-0.25, -0.2) is 0 Å². The number of fused-ring (bicyclic) bond motifs is 5. The van der Waals surface area contributed by atoms with E-state index in [2.05, 4.69) is 43.7 Å². The predicted octanol–water partition coefficient (Wildman–Crippen LogP) is 5.50. The lowest BCUT2D eigenvalue weighted by Crippen LogP contribution is -2.66. The van der Waals surface area contributed by atoms with Gasteiger partial charge >= 0.3 is 0 Å². The van der Waals surface area contributed by atoms with Crippen LogP contribution in [0.25, 0.3) is 0 Å². The Morgan fingerprint density at radius 1 is 0.846 bits per heavy atom. The summed E-state index contributed by atoms with van der Waals surface area (Å²) in [6.45, 7) is 14.2. The Bertz CT molecular complexity index is 1060. The maximum atomic E-state index is 14.4. The van der Waals surface area contributed by atoms with Crippen LogP contribution in [0.3, 0.4) is 0 Å². The number of ketones is 2. The molecule has 5 rings (SSSR count). The number of Topliss-reactive ketones (excluding diaryl/α,β-unsaturated/α-hetero) is 2. The molecule has 0 aromatic heterocycles. The lowest BCUT2D eigenvalue weighted by molar-refractivity contribution is -0.220. The summed E-state index contributed by atoms with van der Waals surface area (Å²) in [5.74, 6) is 1.70. The molecule has 1 heterocycles. The highest BCUT2D eigenvalue weighted by molar-refractivity contribution is 5.87. The van der Waals surface area contributed by atoms with Gasteiger partial charge in [-0.3, -0.25) is 14.4 Å². The van der Waals surface area contributed by atoms with Gasteiger partial charge in [0.2, 0.25) is 5.91 Å². The third kappa shape index (κ3) is 4.07. The second kappa shape index (κ2) is 9.97. The highest BCUT2D eigenvalue weighted by Gasteiger charge is 2.71. The first-order chi connectivity index (χ1) is 18.4. The number of carbonyl (C=O) groups excluding carboxylic acids is 3. The quantitative estimate of drug-likeness (QED) is 0.462. The Balaban J connectivity index is 1.53. The van der Waals surface area contributed by atoms with Crippen LogP contribution in [-0.2, 0) is 14.4 Å². The molecule has 39 heavy (non-hydrogen) atoms. The summed E-state index contributed by atoms with van der Waals surface area (Å²) < 4.78 is 0. The van der Waals surface area contributed by atoms with Crippen LogP contribution in [0.4, 0.5) is 0 Å². The fourth-order valence-electron chi connectivity index (χ4n) is 11.4. The lowest BCUT2D eigenvalue weighted by Gasteiger charge is -2.70. The summed E-state index contributed by atoms with van der Waals surface area (Å²) in [5, 5.41) is 9.52. The van der Waals surface area contributed by atoms with Crippen molar-refractivity contribution in [2.24, 2.45) is 51.2 Å². The fourth-order valence-corrected chi connectivity index (χ4v) is 11.4. The summed E-state index contributed by atoms with van der Waals surface area (Å²) in [6, 6.07) is 2.38. The van der Waals surface area contributed by atoms with Crippen LogP contribution in [0, 0.1) is 62.6 Å². The van der Waals surface area contributed by atoms with E-state index in [1.54, 1.807) is 13.8 Å². The molecule has 0 spiro atoms. The Kier molecular flexibility index (Phi) is 7.35. The summed E-state index contributed by atoms with van der Waals surface area (Å²) in [5.41, 5.74) is -0.540. The highest BCUT2D eigenvalue weighted by Crippen LogP contribution is 2.75. The molecule has 5 aliphatic rings. The van der Waals surface area contributed by atoms with Gasteiger partial charge in [0.1, 0.15) is 11.6 Å². The molecular weight excluding hydrogens is 486 g/mol. The minimum absolute atomic E-state index is 0.0141. The first-order valence-electron chi connectivity index (χ1n) is 15.7. The Labute approximate surface area is 236 Å². The molecule has 1 saturated heterocycles. The number of carbonyl (C=O) groups is 3. The minimum atomic E-state index is -0.402. The molecule has 5 fully saturated rings. The SMILES string of the molecule is CC(=O)[C@@H]1CC[C@]2(C(=O)N3CCN(C)CC3)CC[C@]3(C)[C@H](CC[C@@H]4[C@@](C)(CCC#N)[C@H](C(C)=O)CC[C@]43C)[C@@H]12. The van der Waals surface area contributed by atoms with E-state index in [0.29, 0.717) is 24.2 Å². The number of nitriles is 1. The van der Waals surface area contributed by atoms with E-state index in [1.165, 1.54) is 0 Å². The van der Waals surface area contributed by atoms with Crippen LogP contribution in [0.15, 0.2) is 0 Å². The molecule has 6 heteroatoms. The molecule has 216 valence electrons. The van der Waals surface area contributed by atoms with Gasteiger partial charge in [-0.1, -0.05) is 20.8 Å². The van der Waals surface area contributed by atoms with E-state index >= 15 is 0 Å². The molecule has 4 aliphatic carbocycles. The van der Waals surface area contributed by atoms with Gasteiger partial charge in [0.25, 0.3) is 0 Å². The molecule has 4 saturated carbocycles. The summed E-state index contributed by atoms with van der Waals surface area (Å²) in [4.78, 5) is 44.9. The first-order valence-corrected chi connectivity index (χ1v) is 15.7. The van der Waals surface area contributed by atoms with E-state index in [4.69, 9.17) is 0 Å². The van der Waals surface area contributed by atoms with Gasteiger partial charge in [-0.15, -0.1) is 0 Å². The average Bonchev–Trinajstić information content (AvgIpc) is 3.29. The van der Waals surface area contributed by atoms with E-state index in [9.17, 15) is 19.6 Å². The van der Waals surface area contributed by atoms with Crippen LogP contribution in [0.1, 0.15) is 98.8 Å². The standard InChI is InChI=1S/C33H51N3O3/c1-22(37)24-10-14-33(29(39)36-20-18-35(6)19-21-36)16-15-31(4)26(28(24)33)8-9-27-30(3,12-7-17-34)25(23(2)38)11-13-32(27,31)5/h24-28H,7-16,18-21H2,1-6H3/t24-,25-,26+,27+,28+,30-,31+,32+,33-/m0/s1. The van der Waals surface area contributed by atoms with E-state index in [0.717, 1.165) is 84.0 Å². The molecule has 9 atom stereocenters. The van der Waals surface area contributed by atoms with Gasteiger partial charge in [-0.2, -0.15) is 5.26 Å². The third-order valence-electron chi connectivity index (χ3n) is 13.7. The van der Waals surface area contributed by atoms with Crippen LogP contribution < -0.4 is 0 Å². The molecule has 6 nitrogen and oxygen atoms in total. The summed E-state index contributed by atoms with van der Waals surface area (Å²) >= 11 is 0. The zero-order chi connectivity index (χ0) is 28.4. The smallest absolute Gasteiger partial charge is 0.229 e. The zero-order valence-electron chi connectivity index (χ0n) is 25.4. The van der Waals surface area contributed by atoms with Gasteiger partial charge < -0.3 is 9.80 Å². The van der Waals surface area contributed by atoms with Gasteiger partial charge in [0.15, 0.2) is 0 Å². The second-order valence-corrected chi connectivity index (χ2v) is 15.0. The molecule has 0 aromatic rings. The maximum absolute atomic E-state index is 14.4. The van der Waals surface area contributed by atoms with E-state index in [1.807, 2.05) is 0 Å². The van der Waals surface area contributed by atoms with Crippen molar-refractivity contribution >= 4 is 17.5 Å². The van der Waals surface area contributed by atoms with Crippen LogP contribution in [0.2, 0.25) is 0 Å². The number of piperazine rings is 1. The fraction of sp³-hybridized carbons (Fsp3) is 0.879. The van der Waals surface area contributed by atoms with Crippen molar-refractivity contribution in [3.63, 3.8) is 0 Å². The summed E-state index contributed by atoms with van der Waals surface area (Å²) in [6.07, 6.45) is 8.83. The first kappa shape index (κ1) is 28.8. The molecular formula is C33H51N3O3. The number of amides is 1. The van der Waals surface area contributed by atoms with Crippen molar-refractivity contribution in [3.05, 3.63) is 0 Å². The normalized spacial score (nSPS) is 46.0. The number of hydrogen-bond acceptors (Lipinski definition) is 5. The average molecular weight is 538 g/mol. The van der Waals surface area contributed by atoms with Crippen LogP contribution in [0.5, 0.6) is 0 Å². The van der Waals surface area contributed by atoms with E-state index in [-0.39, 0.29) is 45.6 Å². The van der Waals surface area contributed by atoms with Crippen molar-refractivity contribution in [2.45, 2.75) is 98.8 Å². The molecule has 0 unspecified atom stereocenters. The third-order valence-corrected chi connectivity index (χ3v) is 13.7. The van der Waals surface area contributed by atoms with E-state index < -0.39 is 5.41 Å². The number of rotatable bonds is 5. The van der Waals surface area contributed by atoms with Crippen molar-refractivity contribution in [1.82, 2.24) is 9.80 Å². The number of nitrogens with zero attached hydrogens (tertiary/aromatic N) is 3. The Morgan fingerprint density at radius 3 is 2.15 bits per heavy atom. The number of hydrogen-bond donors (Lipinski definition) is 0. The molecule has 1 aliphatic heterocycles. The maximum Gasteiger partial charge on any atom is 0.229 e. The second-order valence-electron chi connectivity index (χ2n) is 15.0. The minimum Gasteiger partial charge on any atom is -0.340 e. The molecule has 1 amide bonds. The van der Waals surface area contributed by atoms with Crippen molar-refractivity contribution in [1.29, 1.82) is 5.26 Å². The van der Waals surface area contributed by atoms with Gasteiger partial charge in [-0.05, 0) is 113 Å².